The Morgan fingerprint density at radius 2 is 2.25 bits per heavy atom. The van der Waals surface area contributed by atoms with Gasteiger partial charge in [-0.3, -0.25) is 16.3 Å². The van der Waals surface area contributed by atoms with E-state index in [4.69, 9.17) is 17.4 Å². The molecule has 2 aromatic rings. The van der Waals surface area contributed by atoms with Gasteiger partial charge < -0.3 is 0 Å². The second-order valence-corrected chi connectivity index (χ2v) is 6.39. The van der Waals surface area contributed by atoms with Gasteiger partial charge in [-0.25, -0.2) is 0 Å². The average Bonchev–Trinajstić information content (AvgIpc) is 2.83. The Kier molecular flexibility index (Phi) is 4.08. The number of nitrogens with one attached hydrogen (secondary N) is 1. The number of benzene rings is 1. The summed E-state index contributed by atoms with van der Waals surface area (Å²) in [7, 11) is 0. The van der Waals surface area contributed by atoms with E-state index in [2.05, 4.69) is 38.5 Å². The topological polar surface area (TPSA) is 50.9 Å². The Bertz CT molecular complexity index is 612. The van der Waals surface area contributed by atoms with Crippen LogP contribution in [0.3, 0.4) is 0 Å². The fourth-order valence-electron chi connectivity index (χ4n) is 2.97. The molecule has 0 saturated carbocycles. The largest absolute Gasteiger partial charge is 0.271 e. The van der Waals surface area contributed by atoms with Gasteiger partial charge in [-0.2, -0.15) is 0 Å². The SMILES string of the molecule is NNC(c1cc(Cl)cc(Br)c1)C1CCc2cccnc21. The van der Waals surface area contributed by atoms with Gasteiger partial charge in [-0.05, 0) is 48.2 Å². The second kappa shape index (κ2) is 5.82. The number of rotatable bonds is 3. The Labute approximate surface area is 131 Å². The Hall–Kier alpha value is -0.940. The fourth-order valence-corrected chi connectivity index (χ4v) is 3.85. The highest BCUT2D eigenvalue weighted by Crippen LogP contribution is 2.41. The van der Waals surface area contributed by atoms with Gasteiger partial charge in [0, 0.05) is 27.3 Å². The first-order chi connectivity index (χ1) is 9.69. The third-order valence-electron chi connectivity index (χ3n) is 3.83. The molecule has 0 fully saturated rings. The van der Waals surface area contributed by atoms with E-state index in [1.165, 1.54) is 5.56 Å². The maximum absolute atomic E-state index is 6.14. The van der Waals surface area contributed by atoms with E-state index in [1.54, 1.807) is 0 Å². The van der Waals surface area contributed by atoms with Gasteiger partial charge in [0.15, 0.2) is 0 Å². The first-order valence-corrected chi connectivity index (χ1v) is 7.72. The molecule has 0 saturated heterocycles. The molecule has 0 radical (unpaired) electrons. The molecule has 2 unspecified atom stereocenters. The molecule has 2 atom stereocenters. The van der Waals surface area contributed by atoms with E-state index < -0.39 is 0 Å². The van der Waals surface area contributed by atoms with Gasteiger partial charge in [0.2, 0.25) is 0 Å². The molecule has 1 aliphatic rings. The highest BCUT2D eigenvalue weighted by atomic mass is 79.9. The number of nitrogens with two attached hydrogens (primary N) is 1. The van der Waals surface area contributed by atoms with E-state index in [0.717, 1.165) is 28.6 Å². The van der Waals surface area contributed by atoms with E-state index in [1.807, 2.05) is 24.4 Å². The predicted octanol–water partition coefficient (Wildman–Crippen LogP) is 3.73. The van der Waals surface area contributed by atoms with Gasteiger partial charge in [0.25, 0.3) is 0 Å². The van der Waals surface area contributed by atoms with Crippen molar-refractivity contribution in [3.8, 4) is 0 Å². The molecule has 5 heteroatoms. The van der Waals surface area contributed by atoms with Crippen molar-refractivity contribution in [2.75, 3.05) is 0 Å². The first-order valence-electron chi connectivity index (χ1n) is 6.55. The van der Waals surface area contributed by atoms with Crippen LogP contribution in [0.2, 0.25) is 5.02 Å². The van der Waals surface area contributed by atoms with Gasteiger partial charge in [-0.15, -0.1) is 0 Å². The van der Waals surface area contributed by atoms with Crippen LogP contribution in [0.15, 0.2) is 41.0 Å². The summed E-state index contributed by atoms with van der Waals surface area (Å²) < 4.78 is 0.958. The van der Waals surface area contributed by atoms with Gasteiger partial charge in [0.05, 0.1) is 6.04 Å². The average molecular weight is 353 g/mol. The quantitative estimate of drug-likeness (QED) is 0.653. The van der Waals surface area contributed by atoms with Crippen LogP contribution in [-0.2, 0) is 6.42 Å². The standard InChI is InChI=1S/C15H15BrClN3/c16-11-6-10(7-12(17)8-11)15(20-18)13-4-3-9-2-1-5-19-14(9)13/h1-2,5-8,13,15,20H,3-4,18H2. The molecule has 0 aliphatic heterocycles. The van der Waals surface area contributed by atoms with Crippen molar-refractivity contribution in [2.45, 2.75) is 24.8 Å². The third-order valence-corrected chi connectivity index (χ3v) is 4.50. The molecule has 104 valence electrons. The molecule has 1 heterocycles. The van der Waals surface area contributed by atoms with Crippen molar-refractivity contribution in [2.24, 2.45) is 5.84 Å². The summed E-state index contributed by atoms with van der Waals surface area (Å²) in [6.07, 6.45) is 3.94. The van der Waals surface area contributed by atoms with Crippen LogP contribution >= 0.6 is 27.5 Å². The summed E-state index contributed by atoms with van der Waals surface area (Å²) in [5.41, 5.74) is 6.48. The molecular formula is C15H15BrClN3. The molecule has 3 N–H and O–H groups in total. The number of aromatic nitrogens is 1. The number of pyridine rings is 1. The third kappa shape index (κ3) is 2.61. The lowest BCUT2D eigenvalue weighted by Gasteiger charge is -2.24. The highest BCUT2D eigenvalue weighted by molar-refractivity contribution is 9.10. The lowest BCUT2D eigenvalue weighted by molar-refractivity contribution is 0.447. The number of hydrogen-bond donors (Lipinski definition) is 2. The maximum Gasteiger partial charge on any atom is 0.0544 e. The van der Waals surface area contributed by atoms with E-state index in [-0.39, 0.29) is 12.0 Å². The van der Waals surface area contributed by atoms with Crippen LogP contribution in [-0.4, -0.2) is 4.98 Å². The Morgan fingerprint density at radius 1 is 1.40 bits per heavy atom. The van der Waals surface area contributed by atoms with Crippen molar-refractivity contribution in [3.05, 3.63) is 62.8 Å². The van der Waals surface area contributed by atoms with Crippen molar-refractivity contribution in [1.82, 2.24) is 10.4 Å². The highest BCUT2D eigenvalue weighted by Gasteiger charge is 2.31. The number of hydrazine groups is 1. The van der Waals surface area contributed by atoms with E-state index in [0.29, 0.717) is 5.02 Å². The van der Waals surface area contributed by atoms with Gasteiger partial charge >= 0.3 is 0 Å². The molecular weight excluding hydrogens is 338 g/mol. The lowest BCUT2D eigenvalue weighted by atomic mass is 9.91. The summed E-state index contributed by atoms with van der Waals surface area (Å²) in [4.78, 5) is 4.54. The normalized spacial score (nSPS) is 18.9. The summed E-state index contributed by atoms with van der Waals surface area (Å²) in [5, 5.41) is 0.703. The maximum atomic E-state index is 6.14. The minimum Gasteiger partial charge on any atom is -0.271 e. The molecule has 1 aromatic heterocycles. The van der Waals surface area contributed by atoms with Crippen LogP contribution in [0.25, 0.3) is 0 Å². The van der Waals surface area contributed by atoms with Crippen LogP contribution < -0.4 is 11.3 Å². The smallest absolute Gasteiger partial charge is 0.0544 e. The summed E-state index contributed by atoms with van der Waals surface area (Å²) in [6, 6.07) is 10.0. The molecule has 20 heavy (non-hydrogen) atoms. The van der Waals surface area contributed by atoms with Crippen molar-refractivity contribution in [1.29, 1.82) is 0 Å². The van der Waals surface area contributed by atoms with Crippen LogP contribution in [0.5, 0.6) is 0 Å². The monoisotopic (exact) mass is 351 g/mol. The molecule has 0 amide bonds. The zero-order valence-electron chi connectivity index (χ0n) is 10.8. The fraction of sp³-hybridized carbons (Fsp3) is 0.267. The van der Waals surface area contributed by atoms with Crippen LogP contribution in [0.1, 0.15) is 35.2 Å². The Balaban J connectivity index is 1.99. The zero-order chi connectivity index (χ0) is 14.1. The molecule has 3 rings (SSSR count). The number of halogens is 2. The number of nitrogens with zero attached hydrogens (tertiary/aromatic N) is 1. The van der Waals surface area contributed by atoms with Crippen molar-refractivity contribution in [3.63, 3.8) is 0 Å². The molecule has 0 spiro atoms. The van der Waals surface area contributed by atoms with Gasteiger partial charge in [-0.1, -0.05) is 33.6 Å². The number of hydrogen-bond acceptors (Lipinski definition) is 3. The van der Waals surface area contributed by atoms with E-state index in [9.17, 15) is 0 Å². The first kappa shape index (κ1) is 14.0. The Morgan fingerprint density at radius 3 is 3.00 bits per heavy atom. The number of aryl methyl sites for hydroxylation is 1. The number of fused-ring (bicyclic) bond motifs is 1. The summed E-state index contributed by atoms with van der Waals surface area (Å²) in [6.45, 7) is 0. The molecule has 1 aliphatic carbocycles. The zero-order valence-corrected chi connectivity index (χ0v) is 13.2. The molecule has 3 nitrogen and oxygen atoms in total. The molecule has 0 bridgehead atoms. The van der Waals surface area contributed by atoms with Crippen LogP contribution in [0.4, 0.5) is 0 Å². The lowest BCUT2D eigenvalue weighted by Crippen LogP contribution is -2.32. The minimum atomic E-state index is 0.0150. The van der Waals surface area contributed by atoms with Crippen molar-refractivity contribution >= 4 is 27.5 Å². The summed E-state index contributed by atoms with van der Waals surface area (Å²) in [5.74, 6) is 6.08. The summed E-state index contributed by atoms with van der Waals surface area (Å²) >= 11 is 9.63. The second-order valence-electron chi connectivity index (χ2n) is 5.04. The van der Waals surface area contributed by atoms with Gasteiger partial charge in [0.1, 0.15) is 0 Å². The van der Waals surface area contributed by atoms with E-state index >= 15 is 0 Å². The predicted molar refractivity (Wildman–Crippen MR) is 84.5 cm³/mol. The van der Waals surface area contributed by atoms with Crippen LogP contribution in [0, 0.1) is 0 Å². The molecule has 1 aromatic carbocycles. The minimum absolute atomic E-state index is 0.0150. The van der Waals surface area contributed by atoms with Crippen molar-refractivity contribution < 1.29 is 0 Å².